The van der Waals surface area contributed by atoms with Gasteiger partial charge in [0.25, 0.3) is 15.6 Å². The Bertz CT molecular complexity index is 870. The minimum absolute atomic E-state index is 0.292. The quantitative estimate of drug-likeness (QED) is 0.778. The standard InChI is InChI=1S/C11H10ClN3O4S/c1-6-4-7(12)2-3-8(6)15-20(18,19)9-5-13-11(17)14-10(9)16/h2-5,15H,1H3,(H2,13,14,16,17). The first kappa shape index (κ1) is 14.4. The van der Waals surface area contributed by atoms with Crippen LogP contribution in [0.25, 0.3) is 0 Å². The van der Waals surface area contributed by atoms with E-state index < -0.39 is 26.2 Å². The lowest BCUT2D eigenvalue weighted by atomic mass is 10.2. The lowest BCUT2D eigenvalue weighted by Gasteiger charge is -2.09. The van der Waals surface area contributed by atoms with E-state index in [9.17, 15) is 18.0 Å². The highest BCUT2D eigenvalue weighted by Crippen LogP contribution is 2.21. The second kappa shape index (κ2) is 5.14. The largest absolute Gasteiger partial charge is 0.325 e. The number of aromatic amines is 2. The van der Waals surface area contributed by atoms with Crippen molar-refractivity contribution in [1.82, 2.24) is 9.97 Å². The van der Waals surface area contributed by atoms with Gasteiger partial charge in [-0.1, -0.05) is 11.6 Å². The number of benzene rings is 1. The molecule has 2 aromatic rings. The summed E-state index contributed by atoms with van der Waals surface area (Å²) in [5, 5.41) is 0.465. The van der Waals surface area contributed by atoms with Crippen LogP contribution >= 0.6 is 11.6 Å². The summed E-state index contributed by atoms with van der Waals surface area (Å²) in [5.74, 6) is 0. The SMILES string of the molecule is Cc1cc(Cl)ccc1NS(=O)(=O)c1c[nH]c(=O)[nH]c1=O. The third-order valence-electron chi connectivity index (χ3n) is 2.51. The number of halogens is 1. The molecule has 0 fully saturated rings. The topological polar surface area (TPSA) is 112 Å². The van der Waals surface area contributed by atoms with E-state index in [1.54, 1.807) is 13.0 Å². The highest BCUT2D eigenvalue weighted by Gasteiger charge is 2.19. The molecule has 20 heavy (non-hydrogen) atoms. The van der Waals surface area contributed by atoms with E-state index >= 15 is 0 Å². The zero-order valence-corrected chi connectivity index (χ0v) is 11.8. The molecule has 0 atom stereocenters. The molecule has 106 valence electrons. The summed E-state index contributed by atoms with van der Waals surface area (Å²) in [6.45, 7) is 1.67. The van der Waals surface area contributed by atoms with Crippen molar-refractivity contribution < 1.29 is 8.42 Å². The van der Waals surface area contributed by atoms with Crippen LogP contribution in [0.4, 0.5) is 5.69 Å². The number of hydrogen-bond donors (Lipinski definition) is 3. The van der Waals surface area contributed by atoms with Gasteiger partial charge in [0.05, 0.1) is 5.69 Å². The molecule has 1 heterocycles. The van der Waals surface area contributed by atoms with Gasteiger partial charge in [0.1, 0.15) is 0 Å². The molecule has 0 aliphatic carbocycles. The summed E-state index contributed by atoms with van der Waals surface area (Å²) in [6, 6.07) is 4.58. The van der Waals surface area contributed by atoms with Crippen molar-refractivity contribution >= 4 is 27.3 Å². The number of nitrogens with one attached hydrogen (secondary N) is 3. The molecule has 9 heteroatoms. The summed E-state index contributed by atoms with van der Waals surface area (Å²) in [7, 11) is -4.10. The average Bonchev–Trinajstić information content (AvgIpc) is 2.32. The Kier molecular flexibility index (Phi) is 3.69. The van der Waals surface area contributed by atoms with Crippen LogP contribution < -0.4 is 16.0 Å². The van der Waals surface area contributed by atoms with Gasteiger partial charge < -0.3 is 4.98 Å². The van der Waals surface area contributed by atoms with Crippen LogP contribution in [0.2, 0.25) is 5.02 Å². The van der Waals surface area contributed by atoms with E-state index in [1.165, 1.54) is 12.1 Å². The second-order valence-corrected chi connectivity index (χ2v) is 6.09. The van der Waals surface area contributed by atoms with Gasteiger partial charge >= 0.3 is 5.69 Å². The second-order valence-electron chi connectivity index (χ2n) is 4.00. The number of hydrogen-bond acceptors (Lipinski definition) is 4. The average molecular weight is 316 g/mol. The Morgan fingerprint density at radius 1 is 1.25 bits per heavy atom. The molecule has 0 radical (unpaired) electrons. The Balaban J connectivity index is 2.46. The zero-order valence-electron chi connectivity index (χ0n) is 10.2. The summed E-state index contributed by atoms with van der Waals surface area (Å²) in [6.07, 6.45) is 0.842. The smallest absolute Gasteiger partial charge is 0.313 e. The fourth-order valence-electron chi connectivity index (χ4n) is 1.54. The Labute approximate surface area is 118 Å². The van der Waals surface area contributed by atoms with Crippen molar-refractivity contribution in [3.8, 4) is 0 Å². The van der Waals surface area contributed by atoms with Gasteiger partial charge in [-0.15, -0.1) is 0 Å². The van der Waals surface area contributed by atoms with Crippen LogP contribution in [-0.4, -0.2) is 18.4 Å². The number of anilines is 1. The van der Waals surface area contributed by atoms with Gasteiger partial charge in [-0.3, -0.25) is 14.5 Å². The maximum absolute atomic E-state index is 12.1. The van der Waals surface area contributed by atoms with Gasteiger partial charge in [-0.05, 0) is 30.7 Å². The van der Waals surface area contributed by atoms with E-state index in [0.29, 0.717) is 16.3 Å². The third kappa shape index (κ3) is 2.91. The molecule has 3 N–H and O–H groups in total. The Morgan fingerprint density at radius 2 is 1.95 bits per heavy atom. The van der Waals surface area contributed by atoms with E-state index in [0.717, 1.165) is 6.20 Å². The maximum Gasteiger partial charge on any atom is 0.325 e. The lowest BCUT2D eigenvalue weighted by molar-refractivity contribution is 0.599. The molecule has 0 saturated heterocycles. The van der Waals surface area contributed by atoms with Crippen LogP contribution in [0.15, 0.2) is 38.9 Å². The number of aromatic nitrogens is 2. The first-order valence-electron chi connectivity index (χ1n) is 5.40. The fourth-order valence-corrected chi connectivity index (χ4v) is 2.90. The highest BCUT2D eigenvalue weighted by atomic mass is 35.5. The molecule has 0 bridgehead atoms. The fraction of sp³-hybridized carbons (Fsp3) is 0.0909. The Hall–Kier alpha value is -2.06. The summed E-state index contributed by atoms with van der Waals surface area (Å²) in [4.78, 5) is 25.8. The molecular formula is C11H10ClN3O4S. The first-order valence-corrected chi connectivity index (χ1v) is 7.27. The molecule has 2 rings (SSSR count). The maximum atomic E-state index is 12.1. The van der Waals surface area contributed by atoms with Crippen molar-refractivity contribution in [1.29, 1.82) is 0 Å². The minimum atomic E-state index is -4.10. The van der Waals surface area contributed by atoms with Crippen LogP contribution in [-0.2, 0) is 10.0 Å². The molecule has 1 aromatic heterocycles. The van der Waals surface area contributed by atoms with Gasteiger partial charge in [0, 0.05) is 11.2 Å². The summed E-state index contributed by atoms with van der Waals surface area (Å²) >= 11 is 5.78. The molecule has 7 nitrogen and oxygen atoms in total. The zero-order chi connectivity index (χ0) is 14.9. The van der Waals surface area contributed by atoms with Crippen molar-refractivity contribution in [2.24, 2.45) is 0 Å². The van der Waals surface area contributed by atoms with Crippen molar-refractivity contribution in [3.05, 3.63) is 55.8 Å². The minimum Gasteiger partial charge on any atom is -0.313 e. The molecule has 0 aliphatic heterocycles. The lowest BCUT2D eigenvalue weighted by Crippen LogP contribution is -2.29. The molecule has 0 spiro atoms. The van der Waals surface area contributed by atoms with Gasteiger partial charge in [0.15, 0.2) is 4.90 Å². The van der Waals surface area contributed by atoms with Crippen LogP contribution in [0, 0.1) is 6.92 Å². The third-order valence-corrected chi connectivity index (χ3v) is 4.11. The monoisotopic (exact) mass is 315 g/mol. The van der Waals surface area contributed by atoms with Crippen LogP contribution in [0.3, 0.4) is 0 Å². The molecule has 0 aliphatic rings. The number of H-pyrrole nitrogens is 2. The first-order chi connectivity index (χ1) is 9.29. The van der Waals surface area contributed by atoms with Crippen LogP contribution in [0.5, 0.6) is 0 Å². The molecule has 1 aromatic carbocycles. The van der Waals surface area contributed by atoms with Crippen molar-refractivity contribution in [3.63, 3.8) is 0 Å². The van der Waals surface area contributed by atoms with Crippen LogP contribution in [0.1, 0.15) is 5.56 Å². The van der Waals surface area contributed by atoms with Gasteiger partial charge in [-0.25, -0.2) is 13.2 Å². The number of rotatable bonds is 3. The van der Waals surface area contributed by atoms with E-state index in [-0.39, 0.29) is 0 Å². The molecule has 0 unspecified atom stereocenters. The summed E-state index contributed by atoms with van der Waals surface area (Å²) in [5.41, 5.74) is -0.883. The normalized spacial score (nSPS) is 11.3. The van der Waals surface area contributed by atoms with E-state index in [1.807, 2.05) is 4.98 Å². The predicted molar refractivity (Wildman–Crippen MR) is 74.7 cm³/mol. The Morgan fingerprint density at radius 3 is 2.55 bits per heavy atom. The predicted octanol–water partition coefficient (Wildman–Crippen LogP) is 0.826. The van der Waals surface area contributed by atoms with E-state index in [2.05, 4.69) is 9.71 Å². The molecular weight excluding hydrogens is 306 g/mol. The van der Waals surface area contributed by atoms with Gasteiger partial charge in [-0.2, -0.15) is 0 Å². The van der Waals surface area contributed by atoms with Crippen molar-refractivity contribution in [2.45, 2.75) is 11.8 Å². The van der Waals surface area contributed by atoms with E-state index in [4.69, 9.17) is 11.6 Å². The molecule has 0 saturated carbocycles. The number of aryl methyl sites for hydroxylation is 1. The van der Waals surface area contributed by atoms with Gasteiger partial charge in [0.2, 0.25) is 0 Å². The summed E-state index contributed by atoms with van der Waals surface area (Å²) < 4.78 is 26.4. The highest BCUT2D eigenvalue weighted by molar-refractivity contribution is 7.92. The molecule has 0 amide bonds. The number of sulfonamides is 1. The van der Waals surface area contributed by atoms with Crippen molar-refractivity contribution in [2.75, 3.05) is 4.72 Å².